The Kier molecular flexibility index (Phi) is 4.16. The highest BCUT2D eigenvalue weighted by Crippen LogP contribution is 2.25. The lowest BCUT2D eigenvalue weighted by Crippen LogP contribution is -2.25. The molecule has 0 fully saturated rings. The molecule has 0 saturated heterocycles. The molecule has 1 aromatic carbocycles. The maximum absolute atomic E-state index is 12.2. The summed E-state index contributed by atoms with van der Waals surface area (Å²) in [7, 11) is -4.02. The minimum Gasteiger partial charge on any atom is -0.360 e. The van der Waals surface area contributed by atoms with Gasteiger partial charge in [-0.2, -0.15) is 0 Å². The molecule has 4 N–H and O–H groups in total. The SMILES string of the molecule is NNc1ccc([N+](=O)[O-])cc1S(=O)(=O)NCc1ccno1. The highest BCUT2D eigenvalue weighted by molar-refractivity contribution is 7.89. The van der Waals surface area contributed by atoms with Gasteiger partial charge < -0.3 is 9.95 Å². The van der Waals surface area contributed by atoms with Crippen LogP contribution in [0.4, 0.5) is 11.4 Å². The van der Waals surface area contributed by atoms with Crippen LogP contribution in [0.15, 0.2) is 39.9 Å². The third kappa shape index (κ3) is 3.34. The summed E-state index contributed by atoms with van der Waals surface area (Å²) in [5, 5.41) is 14.2. The summed E-state index contributed by atoms with van der Waals surface area (Å²) < 4.78 is 31.4. The smallest absolute Gasteiger partial charge is 0.270 e. The van der Waals surface area contributed by atoms with Crippen LogP contribution in [0.25, 0.3) is 0 Å². The molecule has 0 atom stereocenters. The van der Waals surface area contributed by atoms with E-state index in [0.717, 1.165) is 12.1 Å². The number of nitrogens with zero attached hydrogens (tertiary/aromatic N) is 2. The Bertz CT molecular complexity index is 743. The van der Waals surface area contributed by atoms with E-state index in [1.165, 1.54) is 18.3 Å². The number of nitro benzene ring substituents is 1. The van der Waals surface area contributed by atoms with Crippen molar-refractivity contribution in [2.75, 3.05) is 5.43 Å². The van der Waals surface area contributed by atoms with E-state index in [1.807, 2.05) is 0 Å². The molecule has 10 nitrogen and oxygen atoms in total. The molecule has 0 aliphatic heterocycles. The fourth-order valence-corrected chi connectivity index (χ4v) is 2.72. The van der Waals surface area contributed by atoms with Crippen molar-refractivity contribution in [3.63, 3.8) is 0 Å². The molecule has 0 aliphatic rings. The number of hydrazine groups is 1. The van der Waals surface area contributed by atoms with E-state index in [2.05, 4.69) is 15.3 Å². The summed E-state index contributed by atoms with van der Waals surface area (Å²) in [6, 6.07) is 4.75. The van der Waals surface area contributed by atoms with Gasteiger partial charge >= 0.3 is 0 Å². The third-order valence-corrected chi connectivity index (χ3v) is 3.99. The predicted octanol–water partition coefficient (Wildman–Crippen LogP) is 0.347. The van der Waals surface area contributed by atoms with Crippen LogP contribution < -0.4 is 16.0 Å². The molecule has 0 radical (unpaired) electrons. The first-order chi connectivity index (χ1) is 9.94. The van der Waals surface area contributed by atoms with Gasteiger partial charge in [0.05, 0.1) is 23.4 Å². The van der Waals surface area contributed by atoms with Crippen LogP contribution in [0.3, 0.4) is 0 Å². The number of rotatable bonds is 6. The van der Waals surface area contributed by atoms with E-state index in [1.54, 1.807) is 0 Å². The third-order valence-electron chi connectivity index (χ3n) is 2.55. The Morgan fingerprint density at radius 3 is 2.71 bits per heavy atom. The number of anilines is 1. The van der Waals surface area contributed by atoms with Crippen LogP contribution in [0.1, 0.15) is 5.76 Å². The summed E-state index contributed by atoms with van der Waals surface area (Å²) in [5.41, 5.74) is 1.85. The lowest BCUT2D eigenvalue weighted by atomic mass is 10.3. The van der Waals surface area contributed by atoms with Gasteiger partial charge in [-0.05, 0) is 6.07 Å². The monoisotopic (exact) mass is 313 g/mol. The Labute approximate surface area is 119 Å². The summed E-state index contributed by atoms with van der Waals surface area (Å²) in [5.74, 6) is 5.52. The maximum atomic E-state index is 12.2. The molecular weight excluding hydrogens is 302 g/mol. The first-order valence-electron chi connectivity index (χ1n) is 5.58. The molecule has 0 unspecified atom stereocenters. The Morgan fingerprint density at radius 1 is 1.38 bits per heavy atom. The minimum absolute atomic E-state index is 0.0330. The first kappa shape index (κ1) is 14.9. The maximum Gasteiger partial charge on any atom is 0.270 e. The zero-order valence-corrected chi connectivity index (χ0v) is 11.3. The minimum atomic E-state index is -4.02. The number of hydrogen-bond donors (Lipinski definition) is 3. The van der Waals surface area contributed by atoms with E-state index in [9.17, 15) is 18.5 Å². The molecule has 1 aromatic heterocycles. The summed E-state index contributed by atoms with van der Waals surface area (Å²) in [6.07, 6.45) is 1.36. The predicted molar refractivity (Wildman–Crippen MR) is 71.4 cm³/mol. The van der Waals surface area contributed by atoms with Crippen molar-refractivity contribution in [3.8, 4) is 0 Å². The number of sulfonamides is 1. The average molecular weight is 313 g/mol. The number of hydrogen-bond acceptors (Lipinski definition) is 8. The van der Waals surface area contributed by atoms with Crippen molar-refractivity contribution in [2.24, 2.45) is 5.84 Å². The van der Waals surface area contributed by atoms with Gasteiger partial charge in [-0.25, -0.2) is 13.1 Å². The van der Waals surface area contributed by atoms with Crippen LogP contribution in [-0.4, -0.2) is 18.5 Å². The largest absolute Gasteiger partial charge is 0.360 e. The van der Waals surface area contributed by atoms with Crippen LogP contribution >= 0.6 is 0 Å². The van der Waals surface area contributed by atoms with Gasteiger partial charge in [0, 0.05) is 18.2 Å². The van der Waals surface area contributed by atoms with Gasteiger partial charge in [0.15, 0.2) is 5.76 Å². The van der Waals surface area contributed by atoms with E-state index in [0.29, 0.717) is 5.76 Å². The van der Waals surface area contributed by atoms with Gasteiger partial charge in [0.25, 0.3) is 5.69 Å². The zero-order valence-electron chi connectivity index (χ0n) is 10.5. The van der Waals surface area contributed by atoms with Crippen molar-refractivity contribution in [3.05, 3.63) is 46.3 Å². The van der Waals surface area contributed by atoms with Crippen LogP contribution in [0.5, 0.6) is 0 Å². The molecule has 112 valence electrons. The second-order valence-corrected chi connectivity index (χ2v) is 5.62. The molecule has 0 bridgehead atoms. The number of nitrogen functional groups attached to an aromatic ring is 1. The number of benzene rings is 1. The standard InChI is InChI=1S/C10H11N5O5S/c11-14-9-2-1-7(15(16)17)5-10(9)21(18,19)13-6-8-3-4-12-20-8/h1-5,13-14H,6,11H2. The van der Waals surface area contributed by atoms with Crippen molar-refractivity contribution in [2.45, 2.75) is 11.4 Å². The molecular formula is C10H11N5O5S. The van der Waals surface area contributed by atoms with E-state index >= 15 is 0 Å². The number of aromatic nitrogens is 1. The number of non-ortho nitro benzene ring substituents is 1. The summed E-state index contributed by atoms with van der Waals surface area (Å²) in [4.78, 5) is 9.71. The molecule has 0 spiro atoms. The van der Waals surface area contributed by atoms with Crippen molar-refractivity contribution in [1.29, 1.82) is 0 Å². The fraction of sp³-hybridized carbons (Fsp3) is 0.100. The number of nitro groups is 1. The van der Waals surface area contributed by atoms with Crippen LogP contribution in [0.2, 0.25) is 0 Å². The number of nitrogens with two attached hydrogens (primary N) is 1. The second kappa shape index (κ2) is 5.87. The van der Waals surface area contributed by atoms with Gasteiger partial charge in [-0.15, -0.1) is 0 Å². The van der Waals surface area contributed by atoms with Gasteiger partial charge in [-0.3, -0.25) is 16.0 Å². The lowest BCUT2D eigenvalue weighted by molar-refractivity contribution is -0.385. The first-order valence-corrected chi connectivity index (χ1v) is 7.06. The Hall–Kier alpha value is -2.50. The van der Waals surface area contributed by atoms with Crippen LogP contribution in [-0.2, 0) is 16.6 Å². The fourth-order valence-electron chi connectivity index (χ4n) is 1.54. The molecule has 11 heteroatoms. The van der Waals surface area contributed by atoms with Crippen LogP contribution in [0, 0.1) is 10.1 Å². The molecule has 1 heterocycles. The van der Waals surface area contributed by atoms with Gasteiger partial charge in [0.2, 0.25) is 10.0 Å². The van der Waals surface area contributed by atoms with E-state index in [4.69, 9.17) is 10.4 Å². The normalized spacial score (nSPS) is 11.3. The molecule has 0 aliphatic carbocycles. The Morgan fingerprint density at radius 2 is 2.14 bits per heavy atom. The van der Waals surface area contributed by atoms with Crippen molar-refractivity contribution in [1.82, 2.24) is 9.88 Å². The highest BCUT2D eigenvalue weighted by atomic mass is 32.2. The van der Waals surface area contributed by atoms with Crippen molar-refractivity contribution >= 4 is 21.4 Å². The molecule has 2 rings (SSSR count). The second-order valence-electron chi connectivity index (χ2n) is 3.89. The molecule has 0 saturated carbocycles. The molecule has 0 amide bonds. The summed E-state index contributed by atoms with van der Waals surface area (Å²) >= 11 is 0. The topological polar surface area (TPSA) is 153 Å². The van der Waals surface area contributed by atoms with Gasteiger partial charge in [-0.1, -0.05) is 5.16 Å². The number of nitrogens with one attached hydrogen (secondary N) is 2. The Balaban J connectivity index is 2.33. The lowest BCUT2D eigenvalue weighted by Gasteiger charge is -2.10. The summed E-state index contributed by atoms with van der Waals surface area (Å²) in [6.45, 7) is -0.144. The van der Waals surface area contributed by atoms with E-state index < -0.39 is 14.9 Å². The average Bonchev–Trinajstić information content (AvgIpc) is 2.98. The van der Waals surface area contributed by atoms with E-state index in [-0.39, 0.29) is 22.8 Å². The van der Waals surface area contributed by atoms with Crippen molar-refractivity contribution < 1.29 is 17.9 Å². The highest BCUT2D eigenvalue weighted by Gasteiger charge is 2.22. The molecule has 21 heavy (non-hydrogen) atoms. The quantitative estimate of drug-likeness (QED) is 0.392. The zero-order chi connectivity index (χ0) is 15.5. The molecule has 2 aromatic rings. The van der Waals surface area contributed by atoms with Gasteiger partial charge in [0.1, 0.15) is 4.90 Å².